The fraction of sp³-hybridized carbons (Fsp3) is 0.418. The minimum Gasteiger partial charge on any atom is -0.309 e. The maximum absolute atomic E-state index is 8.05. The Kier molecular flexibility index (Phi) is 9.70. The molecule has 0 bridgehead atoms. The molecule has 0 saturated heterocycles. The molecule has 0 aliphatic heterocycles. The van der Waals surface area contributed by atoms with Crippen LogP contribution in [0, 0.1) is 6.92 Å². The lowest BCUT2D eigenvalue weighted by Gasteiger charge is -2.33. The molecule has 2 aliphatic carbocycles. The zero-order chi connectivity index (χ0) is 42.8. The summed E-state index contributed by atoms with van der Waals surface area (Å²) in [5, 5.41) is 4.28. The molecule has 5 aromatic carbocycles. The molecule has 0 unspecified atom stereocenters. The number of nitrogens with zero attached hydrogens (tertiary/aromatic N) is 2. The molecule has 0 atom stereocenters. The highest BCUT2D eigenvalue weighted by Crippen LogP contribution is 2.55. The van der Waals surface area contributed by atoms with Gasteiger partial charge in [-0.25, -0.2) is 0 Å². The van der Waals surface area contributed by atoms with Crippen molar-refractivity contribution in [2.24, 2.45) is 0 Å². The Morgan fingerprint density at radius 1 is 0.492 bits per heavy atom. The molecule has 2 nitrogen and oxygen atoms in total. The zero-order valence-corrected chi connectivity index (χ0v) is 39.9. The summed E-state index contributed by atoms with van der Waals surface area (Å²) >= 11 is 9.85. The van der Waals surface area contributed by atoms with Crippen molar-refractivity contribution in [3.05, 3.63) is 140 Å². The first-order valence-electron chi connectivity index (χ1n) is 21.6. The number of hydrogen-bond donors (Lipinski definition) is 0. The van der Waals surface area contributed by atoms with Crippen LogP contribution in [0.25, 0.3) is 10.1 Å². The lowest BCUT2D eigenvalue weighted by Crippen LogP contribution is -2.18. The molecular formula is C55H65ClN2S. The van der Waals surface area contributed by atoms with E-state index in [0.29, 0.717) is 0 Å². The Hall–Kier alpha value is -4.05. The number of rotatable bonds is 6. The van der Waals surface area contributed by atoms with E-state index in [1.54, 1.807) is 11.3 Å². The first-order chi connectivity index (χ1) is 27.3. The molecule has 1 aromatic heterocycles. The first kappa shape index (κ1) is 41.7. The summed E-state index contributed by atoms with van der Waals surface area (Å²) < 4.78 is 1.27. The Morgan fingerprint density at radius 2 is 0.932 bits per heavy atom. The van der Waals surface area contributed by atoms with Gasteiger partial charge in [0.1, 0.15) is 0 Å². The average molecular weight is 822 g/mol. The van der Waals surface area contributed by atoms with Crippen molar-refractivity contribution in [1.29, 1.82) is 0 Å². The van der Waals surface area contributed by atoms with E-state index in [2.05, 4.69) is 210 Å². The van der Waals surface area contributed by atoms with Crippen molar-refractivity contribution >= 4 is 67.1 Å². The van der Waals surface area contributed by atoms with Gasteiger partial charge >= 0.3 is 0 Å². The number of aryl methyl sites for hydroxylation is 1. The van der Waals surface area contributed by atoms with E-state index < -0.39 is 0 Å². The van der Waals surface area contributed by atoms with Crippen LogP contribution in [0.4, 0.5) is 34.1 Å². The van der Waals surface area contributed by atoms with Gasteiger partial charge in [-0.2, -0.15) is 0 Å². The van der Waals surface area contributed by atoms with E-state index in [4.69, 9.17) is 11.6 Å². The van der Waals surface area contributed by atoms with Crippen molar-refractivity contribution in [3.8, 4) is 0 Å². The zero-order valence-electron chi connectivity index (χ0n) is 38.3. The van der Waals surface area contributed by atoms with Crippen LogP contribution in [0.3, 0.4) is 0 Å². The van der Waals surface area contributed by atoms with E-state index in [1.807, 2.05) is 0 Å². The Bertz CT molecular complexity index is 2530. The Balaban J connectivity index is 1.40. The normalized spacial score (nSPS) is 17.6. The van der Waals surface area contributed by atoms with Gasteiger partial charge in [0.2, 0.25) is 0 Å². The number of anilines is 6. The van der Waals surface area contributed by atoms with Gasteiger partial charge in [0.15, 0.2) is 0 Å². The second-order valence-corrected chi connectivity index (χ2v) is 23.8. The highest BCUT2D eigenvalue weighted by Gasteiger charge is 2.44. The van der Waals surface area contributed by atoms with Crippen LogP contribution in [0.1, 0.15) is 149 Å². The van der Waals surface area contributed by atoms with Gasteiger partial charge in [0.25, 0.3) is 0 Å². The van der Waals surface area contributed by atoms with Crippen molar-refractivity contribution in [2.45, 2.75) is 149 Å². The molecule has 4 heteroatoms. The van der Waals surface area contributed by atoms with Gasteiger partial charge in [-0.1, -0.05) is 139 Å². The van der Waals surface area contributed by atoms with Gasteiger partial charge in [-0.15, -0.1) is 11.3 Å². The lowest BCUT2D eigenvalue weighted by atomic mass is 9.82. The molecule has 0 radical (unpaired) electrons. The number of thiophene rings is 1. The summed E-state index contributed by atoms with van der Waals surface area (Å²) in [5.41, 5.74) is 16.4. The third-order valence-electron chi connectivity index (χ3n) is 13.5. The predicted molar refractivity (Wildman–Crippen MR) is 260 cm³/mol. The predicted octanol–water partition coefficient (Wildman–Crippen LogP) is 17.3. The molecule has 0 spiro atoms. The second kappa shape index (κ2) is 13.7. The third kappa shape index (κ3) is 7.23. The fourth-order valence-electron chi connectivity index (χ4n) is 10.9. The van der Waals surface area contributed by atoms with Gasteiger partial charge < -0.3 is 9.80 Å². The minimum atomic E-state index is 0.0144. The second-order valence-electron chi connectivity index (χ2n) is 22.5. The largest absolute Gasteiger partial charge is 0.309 e. The molecule has 0 fully saturated rings. The van der Waals surface area contributed by atoms with Gasteiger partial charge in [-0.3, -0.25) is 0 Å². The van der Waals surface area contributed by atoms with Crippen LogP contribution < -0.4 is 9.80 Å². The molecule has 0 saturated carbocycles. The monoisotopic (exact) mass is 820 g/mol. The molecular weight excluding hydrogens is 756 g/mol. The third-order valence-corrected chi connectivity index (χ3v) is 14.9. The summed E-state index contributed by atoms with van der Waals surface area (Å²) in [4.78, 5) is 4.86. The quantitative estimate of drug-likeness (QED) is 0.165. The summed E-state index contributed by atoms with van der Waals surface area (Å²) in [6.45, 7) is 35.2. The number of hydrogen-bond acceptors (Lipinski definition) is 3. The molecule has 2 aliphatic rings. The van der Waals surface area contributed by atoms with Crippen LogP contribution in [-0.4, -0.2) is 0 Å². The minimum absolute atomic E-state index is 0.0144. The highest BCUT2D eigenvalue weighted by atomic mass is 35.5. The maximum Gasteiger partial charge on any atom is 0.0887 e. The van der Waals surface area contributed by atoms with Crippen LogP contribution in [0.15, 0.2) is 96.4 Å². The Morgan fingerprint density at radius 3 is 1.42 bits per heavy atom. The smallest absolute Gasteiger partial charge is 0.0887 e. The van der Waals surface area contributed by atoms with Crippen molar-refractivity contribution < 1.29 is 0 Å². The van der Waals surface area contributed by atoms with Crippen molar-refractivity contribution in [3.63, 3.8) is 0 Å². The summed E-state index contributed by atoms with van der Waals surface area (Å²) in [6, 6.07) is 35.1. The SMILES string of the molecule is Cc1cc(N(c2ccc3c(c2)C(C)(C)CC3(C)C)c2ccc3c(c2)C(C)(C)CC3(C)C)c(Cl)c(N(c2ccc(C(C)(C)C)cc2)c2csc3ccc(C(C)(C)C)cc23)c1. The maximum atomic E-state index is 8.05. The highest BCUT2D eigenvalue weighted by molar-refractivity contribution is 7.17. The molecule has 8 rings (SSSR count). The van der Waals surface area contributed by atoms with E-state index in [0.717, 1.165) is 57.6 Å². The van der Waals surface area contributed by atoms with Crippen LogP contribution >= 0.6 is 22.9 Å². The lowest BCUT2D eigenvalue weighted by molar-refractivity contribution is 0.403. The fourth-order valence-corrected chi connectivity index (χ4v) is 12.1. The van der Waals surface area contributed by atoms with E-state index >= 15 is 0 Å². The van der Waals surface area contributed by atoms with Gasteiger partial charge in [-0.05, 0) is 152 Å². The summed E-state index contributed by atoms with van der Waals surface area (Å²) in [7, 11) is 0. The summed E-state index contributed by atoms with van der Waals surface area (Å²) in [5.74, 6) is 0. The van der Waals surface area contributed by atoms with Crippen LogP contribution in [-0.2, 0) is 32.5 Å². The topological polar surface area (TPSA) is 6.48 Å². The van der Waals surface area contributed by atoms with Crippen molar-refractivity contribution in [1.82, 2.24) is 0 Å². The number of fused-ring (bicyclic) bond motifs is 3. The van der Waals surface area contributed by atoms with E-state index in [-0.39, 0.29) is 32.5 Å². The molecule has 6 aromatic rings. The van der Waals surface area contributed by atoms with E-state index in [1.165, 1.54) is 43.5 Å². The average Bonchev–Trinajstić information content (AvgIpc) is 3.69. The van der Waals surface area contributed by atoms with Gasteiger partial charge in [0.05, 0.1) is 22.1 Å². The molecule has 1 heterocycles. The van der Waals surface area contributed by atoms with Crippen molar-refractivity contribution in [2.75, 3.05) is 9.80 Å². The number of halogens is 1. The van der Waals surface area contributed by atoms with Crippen LogP contribution in [0.5, 0.6) is 0 Å². The molecule has 308 valence electrons. The van der Waals surface area contributed by atoms with E-state index in [9.17, 15) is 0 Å². The molecule has 0 N–H and O–H groups in total. The molecule has 59 heavy (non-hydrogen) atoms. The first-order valence-corrected chi connectivity index (χ1v) is 22.9. The number of benzene rings is 5. The molecule has 0 amide bonds. The van der Waals surface area contributed by atoms with Crippen LogP contribution in [0.2, 0.25) is 5.02 Å². The summed E-state index contributed by atoms with van der Waals surface area (Å²) in [6.07, 6.45) is 2.23. The van der Waals surface area contributed by atoms with Gasteiger partial charge in [0, 0.05) is 32.5 Å². The Labute approximate surface area is 364 Å². The standard InChI is InChI=1S/C55H65ClN2S/c1-34-26-45(57(38-21-23-41-43(29-38)54(12,13)32-52(41,8)9)39-22-24-42-44(30-39)55(14,15)33-53(42,10)11)49(56)46(27-34)58(37-19-16-35(17-20-37)50(2,3)4)47-31-59-48-25-18-36(28-40(47)48)51(5,6)7/h16-31H,32-33H2,1-15H3.